The summed E-state index contributed by atoms with van der Waals surface area (Å²) in [6.45, 7) is 1.52. The van der Waals surface area contributed by atoms with Crippen LogP contribution >= 0.6 is 11.6 Å². The van der Waals surface area contributed by atoms with Crippen molar-refractivity contribution < 1.29 is 23.5 Å². The first-order chi connectivity index (χ1) is 12.5. The molecule has 3 aromatic rings. The number of methoxy groups -OCH3 is 1. The van der Waals surface area contributed by atoms with Crippen LogP contribution in [0, 0.1) is 6.92 Å². The van der Waals surface area contributed by atoms with E-state index < -0.39 is 11.9 Å². The summed E-state index contributed by atoms with van der Waals surface area (Å²) in [5, 5.41) is 4.45. The van der Waals surface area contributed by atoms with E-state index in [2.05, 4.69) is 9.84 Å². The van der Waals surface area contributed by atoms with Gasteiger partial charge in [-0.15, -0.1) is 0 Å². The summed E-state index contributed by atoms with van der Waals surface area (Å²) >= 11 is 6.32. The molecule has 134 valence electrons. The molecule has 0 aliphatic carbocycles. The summed E-state index contributed by atoms with van der Waals surface area (Å²) < 4.78 is 16.5. The van der Waals surface area contributed by atoms with Crippen molar-refractivity contribution in [1.82, 2.24) is 9.78 Å². The lowest BCUT2D eigenvalue weighted by Crippen LogP contribution is -2.06. The Hall–Kier alpha value is -3.06. The Kier molecular flexibility index (Phi) is 5.09. The molecule has 2 aromatic heterocycles. The van der Waals surface area contributed by atoms with Crippen molar-refractivity contribution in [2.24, 2.45) is 0 Å². The highest BCUT2D eigenvalue weighted by Crippen LogP contribution is 2.24. The number of esters is 2. The van der Waals surface area contributed by atoms with E-state index >= 15 is 0 Å². The van der Waals surface area contributed by atoms with Gasteiger partial charge in [-0.3, -0.25) is 0 Å². The highest BCUT2D eigenvalue weighted by Gasteiger charge is 2.23. The van der Waals surface area contributed by atoms with Crippen LogP contribution in [0.15, 0.2) is 46.9 Å². The van der Waals surface area contributed by atoms with Gasteiger partial charge in [-0.2, -0.15) is 5.10 Å². The van der Waals surface area contributed by atoms with Crippen LogP contribution in [-0.4, -0.2) is 28.8 Å². The topological polar surface area (TPSA) is 83.6 Å². The van der Waals surface area contributed by atoms with Crippen LogP contribution in [0.2, 0.25) is 5.15 Å². The first kappa shape index (κ1) is 17.8. The number of aryl methyl sites for hydroxylation is 1. The number of carbonyl (C=O) groups is 2. The third kappa shape index (κ3) is 3.48. The molecule has 0 saturated heterocycles. The SMILES string of the molecule is COC(=O)c1ccc(COC(=O)c2c(C)nn(-c3ccccc3)c2Cl)o1. The Morgan fingerprint density at radius 2 is 1.88 bits per heavy atom. The summed E-state index contributed by atoms with van der Waals surface area (Å²) in [5.41, 5.74) is 1.35. The number of aromatic nitrogens is 2. The van der Waals surface area contributed by atoms with Crippen LogP contribution in [0.4, 0.5) is 0 Å². The van der Waals surface area contributed by atoms with E-state index in [0.29, 0.717) is 11.5 Å². The molecule has 0 unspecified atom stereocenters. The number of para-hydroxylation sites is 1. The van der Waals surface area contributed by atoms with E-state index in [1.54, 1.807) is 6.92 Å². The molecule has 0 saturated carbocycles. The summed E-state index contributed by atoms with van der Waals surface area (Å²) in [6, 6.07) is 12.2. The lowest BCUT2D eigenvalue weighted by Gasteiger charge is -2.04. The van der Waals surface area contributed by atoms with Crippen LogP contribution in [0.25, 0.3) is 5.69 Å². The van der Waals surface area contributed by atoms with Gasteiger partial charge in [-0.25, -0.2) is 14.3 Å². The minimum Gasteiger partial charge on any atom is -0.463 e. The molecule has 1 aromatic carbocycles. The molecule has 0 bridgehead atoms. The summed E-state index contributed by atoms with van der Waals surface area (Å²) in [4.78, 5) is 23.8. The highest BCUT2D eigenvalue weighted by atomic mass is 35.5. The van der Waals surface area contributed by atoms with E-state index in [1.807, 2.05) is 30.3 Å². The van der Waals surface area contributed by atoms with E-state index in [1.165, 1.54) is 23.9 Å². The Balaban J connectivity index is 1.75. The first-order valence-corrected chi connectivity index (χ1v) is 8.03. The van der Waals surface area contributed by atoms with Gasteiger partial charge in [-0.05, 0) is 31.2 Å². The predicted octanol–water partition coefficient (Wildman–Crippen LogP) is 3.57. The molecular formula is C18H15ClN2O5. The number of hydrogen-bond donors (Lipinski definition) is 0. The van der Waals surface area contributed by atoms with Gasteiger partial charge < -0.3 is 13.9 Å². The molecule has 3 rings (SSSR count). The van der Waals surface area contributed by atoms with E-state index in [-0.39, 0.29) is 23.1 Å². The number of hydrogen-bond acceptors (Lipinski definition) is 6. The Labute approximate surface area is 154 Å². The Morgan fingerprint density at radius 1 is 1.15 bits per heavy atom. The zero-order chi connectivity index (χ0) is 18.7. The average Bonchev–Trinajstić information content (AvgIpc) is 3.24. The van der Waals surface area contributed by atoms with Gasteiger partial charge in [0.15, 0.2) is 0 Å². The Bertz CT molecular complexity index is 946. The number of carbonyl (C=O) groups excluding carboxylic acids is 2. The molecule has 0 N–H and O–H groups in total. The predicted molar refractivity (Wildman–Crippen MR) is 92.5 cm³/mol. The van der Waals surface area contributed by atoms with Crippen molar-refractivity contribution >= 4 is 23.5 Å². The van der Waals surface area contributed by atoms with Gasteiger partial charge in [0.1, 0.15) is 23.1 Å². The lowest BCUT2D eigenvalue weighted by atomic mass is 10.2. The fourth-order valence-corrected chi connectivity index (χ4v) is 2.70. The maximum absolute atomic E-state index is 12.4. The number of nitrogens with zero attached hydrogens (tertiary/aromatic N) is 2. The quantitative estimate of drug-likeness (QED) is 0.635. The van der Waals surface area contributed by atoms with Gasteiger partial charge in [-0.1, -0.05) is 29.8 Å². The van der Waals surface area contributed by atoms with Gasteiger partial charge >= 0.3 is 11.9 Å². The molecule has 2 heterocycles. The summed E-state index contributed by atoms with van der Waals surface area (Å²) in [7, 11) is 1.25. The number of furan rings is 1. The van der Waals surface area contributed by atoms with Crippen LogP contribution in [0.5, 0.6) is 0 Å². The van der Waals surface area contributed by atoms with E-state index in [0.717, 1.165) is 5.69 Å². The van der Waals surface area contributed by atoms with Gasteiger partial charge in [0, 0.05) is 0 Å². The van der Waals surface area contributed by atoms with Crippen molar-refractivity contribution in [2.45, 2.75) is 13.5 Å². The smallest absolute Gasteiger partial charge is 0.373 e. The molecule has 0 atom stereocenters. The highest BCUT2D eigenvalue weighted by molar-refractivity contribution is 6.33. The van der Waals surface area contributed by atoms with Crippen molar-refractivity contribution in [3.63, 3.8) is 0 Å². The Morgan fingerprint density at radius 3 is 2.58 bits per heavy atom. The lowest BCUT2D eigenvalue weighted by molar-refractivity contribution is 0.0438. The number of ether oxygens (including phenoxy) is 2. The molecule has 7 nitrogen and oxygen atoms in total. The standard InChI is InChI=1S/C18H15ClN2O5/c1-11-15(16(19)21(20-11)12-6-4-3-5-7-12)18(23)25-10-13-8-9-14(26-13)17(22)24-2/h3-9H,10H2,1-2H3. The second kappa shape index (κ2) is 7.45. The molecule has 0 spiro atoms. The second-order valence-corrected chi connectivity index (χ2v) is 5.69. The number of halogens is 1. The molecule has 0 aliphatic rings. The van der Waals surface area contributed by atoms with Gasteiger partial charge in [0.2, 0.25) is 5.76 Å². The fraction of sp³-hybridized carbons (Fsp3) is 0.167. The average molecular weight is 375 g/mol. The normalized spacial score (nSPS) is 10.6. The largest absolute Gasteiger partial charge is 0.463 e. The maximum Gasteiger partial charge on any atom is 0.373 e. The zero-order valence-corrected chi connectivity index (χ0v) is 14.8. The summed E-state index contributed by atoms with van der Waals surface area (Å²) in [5.74, 6) is -0.899. The van der Waals surface area contributed by atoms with Crippen LogP contribution in [0.1, 0.15) is 32.4 Å². The zero-order valence-electron chi connectivity index (χ0n) is 14.1. The maximum atomic E-state index is 12.4. The molecule has 0 aliphatic heterocycles. The van der Waals surface area contributed by atoms with Crippen LogP contribution < -0.4 is 0 Å². The summed E-state index contributed by atoms with van der Waals surface area (Å²) in [6.07, 6.45) is 0. The first-order valence-electron chi connectivity index (χ1n) is 7.66. The third-order valence-corrected chi connectivity index (χ3v) is 3.95. The third-order valence-electron chi connectivity index (χ3n) is 3.60. The molecule has 0 amide bonds. The fourth-order valence-electron chi connectivity index (χ4n) is 2.35. The van der Waals surface area contributed by atoms with Crippen molar-refractivity contribution in [1.29, 1.82) is 0 Å². The molecule has 0 fully saturated rings. The molecule has 0 radical (unpaired) electrons. The van der Waals surface area contributed by atoms with Gasteiger partial charge in [0.25, 0.3) is 0 Å². The van der Waals surface area contributed by atoms with Crippen LogP contribution in [-0.2, 0) is 16.1 Å². The molecule has 8 heteroatoms. The minimum absolute atomic E-state index is 0.0321. The minimum atomic E-state index is -0.634. The van der Waals surface area contributed by atoms with Crippen molar-refractivity contribution in [2.75, 3.05) is 7.11 Å². The van der Waals surface area contributed by atoms with Gasteiger partial charge in [0.05, 0.1) is 18.5 Å². The van der Waals surface area contributed by atoms with E-state index in [4.69, 9.17) is 20.8 Å². The molecular weight excluding hydrogens is 360 g/mol. The number of rotatable bonds is 5. The molecule has 26 heavy (non-hydrogen) atoms. The van der Waals surface area contributed by atoms with Crippen molar-refractivity contribution in [3.8, 4) is 5.69 Å². The monoisotopic (exact) mass is 374 g/mol. The van der Waals surface area contributed by atoms with E-state index in [9.17, 15) is 9.59 Å². The number of benzene rings is 1. The second-order valence-electron chi connectivity index (χ2n) is 5.33. The van der Waals surface area contributed by atoms with Crippen molar-refractivity contribution in [3.05, 3.63) is 70.4 Å². The van der Waals surface area contributed by atoms with Crippen LogP contribution in [0.3, 0.4) is 0 Å².